The molecule has 0 amide bonds. The van der Waals surface area contributed by atoms with Crippen LogP contribution in [0.1, 0.15) is 18.4 Å². The second-order valence-corrected chi connectivity index (χ2v) is 6.25. The minimum atomic E-state index is -3.74. The molecule has 110 valence electrons. The van der Waals surface area contributed by atoms with Gasteiger partial charge in [0.25, 0.3) is 10.0 Å². The number of nitrogens with one attached hydrogen (secondary N) is 1. The summed E-state index contributed by atoms with van der Waals surface area (Å²) >= 11 is 0. The zero-order chi connectivity index (χ0) is 15.5. The molecule has 0 saturated heterocycles. The summed E-state index contributed by atoms with van der Waals surface area (Å²) in [4.78, 5) is 11.2. The highest BCUT2D eigenvalue weighted by molar-refractivity contribution is 7.92. The fourth-order valence-electron chi connectivity index (χ4n) is 1.90. The third-order valence-electron chi connectivity index (χ3n) is 3.10. The molecule has 0 fully saturated rings. The Labute approximate surface area is 123 Å². The third-order valence-corrected chi connectivity index (χ3v) is 4.48. The molecule has 2 N–H and O–H groups in total. The molecule has 0 saturated carbocycles. The number of sulfonamides is 1. The summed E-state index contributed by atoms with van der Waals surface area (Å²) in [6.45, 7) is 1.51. The molecule has 2 aromatic carbocycles. The summed E-state index contributed by atoms with van der Waals surface area (Å²) in [7, 11) is -3.74. The van der Waals surface area contributed by atoms with Crippen molar-refractivity contribution >= 4 is 21.7 Å². The first kappa shape index (κ1) is 15.1. The maximum atomic E-state index is 12.3. The zero-order valence-corrected chi connectivity index (χ0v) is 12.2. The fraction of sp³-hybridized carbons (Fsp3) is 0.133. The molecule has 0 unspecified atom stereocenters. The topological polar surface area (TPSA) is 83.5 Å². The molecule has 5 nitrogen and oxygen atoms in total. The minimum Gasteiger partial charge on any atom is -0.481 e. The van der Waals surface area contributed by atoms with Crippen LogP contribution >= 0.6 is 0 Å². The van der Waals surface area contributed by atoms with Crippen molar-refractivity contribution in [3.05, 3.63) is 60.2 Å². The van der Waals surface area contributed by atoms with Gasteiger partial charge in [0, 0.05) is 0 Å². The highest BCUT2D eigenvalue weighted by Gasteiger charge is 2.20. The van der Waals surface area contributed by atoms with Crippen molar-refractivity contribution in [1.82, 2.24) is 0 Å². The number of carbonyl (C=O) groups is 1. The molecule has 0 aliphatic heterocycles. The van der Waals surface area contributed by atoms with Gasteiger partial charge in [-0.3, -0.25) is 9.52 Å². The zero-order valence-electron chi connectivity index (χ0n) is 11.4. The van der Waals surface area contributed by atoms with Crippen molar-refractivity contribution in [1.29, 1.82) is 0 Å². The van der Waals surface area contributed by atoms with Crippen LogP contribution in [0.25, 0.3) is 0 Å². The van der Waals surface area contributed by atoms with Gasteiger partial charge in [0.2, 0.25) is 0 Å². The van der Waals surface area contributed by atoms with Gasteiger partial charge in [0.05, 0.1) is 16.5 Å². The SMILES string of the molecule is C[C@@H](C(=O)O)c1ccccc1NS(=O)(=O)c1ccccc1. The first-order valence-corrected chi connectivity index (χ1v) is 7.80. The average Bonchev–Trinajstić information content (AvgIpc) is 2.47. The highest BCUT2D eigenvalue weighted by atomic mass is 32.2. The predicted molar refractivity (Wildman–Crippen MR) is 79.7 cm³/mol. The van der Waals surface area contributed by atoms with E-state index >= 15 is 0 Å². The van der Waals surface area contributed by atoms with E-state index < -0.39 is 21.9 Å². The fourth-order valence-corrected chi connectivity index (χ4v) is 3.01. The average molecular weight is 305 g/mol. The lowest BCUT2D eigenvalue weighted by Crippen LogP contribution is -2.16. The highest BCUT2D eigenvalue weighted by Crippen LogP contribution is 2.26. The number of hydrogen-bond acceptors (Lipinski definition) is 3. The van der Waals surface area contributed by atoms with Crippen LogP contribution in [0.3, 0.4) is 0 Å². The van der Waals surface area contributed by atoms with E-state index in [0.29, 0.717) is 5.56 Å². The van der Waals surface area contributed by atoms with E-state index in [1.165, 1.54) is 19.1 Å². The quantitative estimate of drug-likeness (QED) is 0.889. The number of benzene rings is 2. The minimum absolute atomic E-state index is 0.128. The summed E-state index contributed by atoms with van der Waals surface area (Å²) in [5.74, 6) is -1.82. The Bertz CT molecular complexity index is 741. The lowest BCUT2D eigenvalue weighted by Gasteiger charge is -2.15. The van der Waals surface area contributed by atoms with Crippen molar-refractivity contribution in [3.8, 4) is 0 Å². The van der Waals surface area contributed by atoms with E-state index in [-0.39, 0.29) is 10.6 Å². The first-order chi connectivity index (χ1) is 9.92. The van der Waals surface area contributed by atoms with Crippen molar-refractivity contribution in [2.24, 2.45) is 0 Å². The van der Waals surface area contributed by atoms with E-state index in [9.17, 15) is 13.2 Å². The van der Waals surface area contributed by atoms with Crippen LogP contribution in [0.4, 0.5) is 5.69 Å². The normalized spacial score (nSPS) is 12.6. The largest absolute Gasteiger partial charge is 0.481 e. The van der Waals surface area contributed by atoms with Gasteiger partial charge in [-0.25, -0.2) is 8.42 Å². The van der Waals surface area contributed by atoms with Crippen LogP contribution < -0.4 is 4.72 Å². The van der Waals surface area contributed by atoms with Gasteiger partial charge >= 0.3 is 5.97 Å². The van der Waals surface area contributed by atoms with E-state index in [2.05, 4.69) is 4.72 Å². The summed E-state index contributed by atoms with van der Waals surface area (Å²) < 4.78 is 27.0. The monoisotopic (exact) mass is 305 g/mol. The van der Waals surface area contributed by atoms with Crippen LogP contribution in [0.5, 0.6) is 0 Å². The van der Waals surface area contributed by atoms with Crippen molar-refractivity contribution < 1.29 is 18.3 Å². The Morgan fingerprint density at radius 3 is 2.24 bits per heavy atom. The second kappa shape index (κ2) is 5.97. The molecule has 0 bridgehead atoms. The lowest BCUT2D eigenvalue weighted by atomic mass is 10.00. The molecular weight excluding hydrogens is 290 g/mol. The van der Waals surface area contributed by atoms with Crippen LogP contribution in [-0.2, 0) is 14.8 Å². The van der Waals surface area contributed by atoms with Gasteiger partial charge in [-0.2, -0.15) is 0 Å². The van der Waals surface area contributed by atoms with E-state index in [1.54, 1.807) is 42.5 Å². The molecule has 0 aliphatic carbocycles. The van der Waals surface area contributed by atoms with Gasteiger partial charge in [0.1, 0.15) is 0 Å². The summed E-state index contributed by atoms with van der Waals surface area (Å²) in [6, 6.07) is 14.4. The van der Waals surface area contributed by atoms with Crippen LogP contribution in [0.15, 0.2) is 59.5 Å². The van der Waals surface area contributed by atoms with Crippen LogP contribution in [0, 0.1) is 0 Å². The molecule has 1 atom stereocenters. The van der Waals surface area contributed by atoms with Gasteiger partial charge in [-0.15, -0.1) is 0 Å². The van der Waals surface area contributed by atoms with Crippen LogP contribution in [0.2, 0.25) is 0 Å². The lowest BCUT2D eigenvalue weighted by molar-refractivity contribution is -0.138. The third kappa shape index (κ3) is 3.41. The Morgan fingerprint density at radius 2 is 1.62 bits per heavy atom. The second-order valence-electron chi connectivity index (χ2n) is 4.57. The maximum absolute atomic E-state index is 12.3. The molecular formula is C15H15NO4S. The van der Waals surface area contributed by atoms with Crippen LogP contribution in [-0.4, -0.2) is 19.5 Å². The molecule has 0 aromatic heterocycles. The van der Waals surface area contributed by atoms with Crippen molar-refractivity contribution in [2.45, 2.75) is 17.7 Å². The molecule has 2 aromatic rings. The van der Waals surface area contributed by atoms with Crippen molar-refractivity contribution in [3.63, 3.8) is 0 Å². The summed E-state index contributed by atoms with van der Waals surface area (Å²) in [5, 5.41) is 9.10. The Kier molecular flexibility index (Phi) is 4.28. The maximum Gasteiger partial charge on any atom is 0.310 e. The number of hydrogen-bond donors (Lipinski definition) is 2. The predicted octanol–water partition coefficient (Wildman–Crippen LogP) is 2.68. The molecule has 2 rings (SSSR count). The van der Waals surface area contributed by atoms with Gasteiger partial charge in [-0.1, -0.05) is 36.4 Å². The Hall–Kier alpha value is -2.34. The molecule has 21 heavy (non-hydrogen) atoms. The van der Waals surface area contributed by atoms with Crippen molar-refractivity contribution in [2.75, 3.05) is 4.72 Å². The van der Waals surface area contributed by atoms with E-state index in [0.717, 1.165) is 0 Å². The summed E-state index contributed by atoms with van der Waals surface area (Å²) in [6.07, 6.45) is 0. The molecule has 0 aliphatic rings. The molecule has 0 radical (unpaired) electrons. The molecule has 0 heterocycles. The molecule has 6 heteroatoms. The standard InChI is InChI=1S/C15H15NO4S/c1-11(15(17)18)13-9-5-6-10-14(13)16-21(19,20)12-7-3-2-4-8-12/h2-11,16H,1H3,(H,17,18)/t11-/m1/s1. The number of carboxylic acid groups (broad SMARTS) is 1. The Balaban J connectivity index is 2.39. The number of rotatable bonds is 5. The van der Waals surface area contributed by atoms with E-state index in [1.807, 2.05) is 0 Å². The van der Waals surface area contributed by atoms with E-state index in [4.69, 9.17) is 5.11 Å². The first-order valence-electron chi connectivity index (χ1n) is 6.31. The molecule has 0 spiro atoms. The van der Waals surface area contributed by atoms with Gasteiger partial charge in [0.15, 0.2) is 0 Å². The number of anilines is 1. The smallest absolute Gasteiger partial charge is 0.310 e. The van der Waals surface area contributed by atoms with Gasteiger partial charge in [-0.05, 0) is 30.7 Å². The number of carboxylic acids is 1. The van der Waals surface area contributed by atoms with Gasteiger partial charge < -0.3 is 5.11 Å². The number of para-hydroxylation sites is 1. The number of aliphatic carboxylic acids is 1. The summed E-state index contributed by atoms with van der Waals surface area (Å²) in [5.41, 5.74) is 0.695. The Morgan fingerprint density at radius 1 is 1.05 bits per heavy atom.